The summed E-state index contributed by atoms with van der Waals surface area (Å²) in [4.78, 5) is 25.9. The number of rotatable bonds is 7. The molecular weight excluding hydrogens is 400 g/mol. The van der Waals surface area contributed by atoms with E-state index in [0.29, 0.717) is 34.8 Å². The Labute approximate surface area is 190 Å². The highest BCUT2D eigenvalue weighted by molar-refractivity contribution is 5.90. The third-order valence-electron chi connectivity index (χ3n) is 7.94. The summed E-state index contributed by atoms with van der Waals surface area (Å²) in [5.74, 6) is 1.17. The number of esters is 2. The van der Waals surface area contributed by atoms with Crippen LogP contribution in [0.4, 0.5) is 0 Å². The Kier molecular flexibility index (Phi) is 6.03. The first-order valence-electron chi connectivity index (χ1n) is 12.2. The number of carbonyl (C=O) groups is 2. The third-order valence-corrected chi connectivity index (χ3v) is 7.94. The van der Waals surface area contributed by atoms with Crippen molar-refractivity contribution in [3.05, 3.63) is 71.3 Å². The van der Waals surface area contributed by atoms with E-state index >= 15 is 0 Å². The molecule has 0 amide bonds. The monoisotopic (exact) mass is 432 g/mol. The van der Waals surface area contributed by atoms with Crippen LogP contribution in [0.25, 0.3) is 0 Å². The zero-order valence-corrected chi connectivity index (χ0v) is 18.7. The van der Waals surface area contributed by atoms with Crippen LogP contribution < -0.4 is 0 Å². The number of unbranched alkanes of at least 4 members (excludes halogenated alkanes) is 1. The summed E-state index contributed by atoms with van der Waals surface area (Å²) < 4.78 is 12.1. The van der Waals surface area contributed by atoms with E-state index in [1.807, 2.05) is 42.5 Å². The lowest BCUT2D eigenvalue weighted by atomic mass is 9.78. The van der Waals surface area contributed by atoms with Crippen molar-refractivity contribution in [2.24, 2.45) is 23.7 Å². The fraction of sp³-hybridized carbons (Fsp3) is 0.500. The predicted molar refractivity (Wildman–Crippen MR) is 122 cm³/mol. The van der Waals surface area contributed by atoms with E-state index in [9.17, 15) is 9.59 Å². The molecule has 6 atom stereocenters. The van der Waals surface area contributed by atoms with Crippen molar-refractivity contribution in [3.63, 3.8) is 0 Å². The van der Waals surface area contributed by atoms with E-state index in [-0.39, 0.29) is 24.1 Å². The molecule has 3 fully saturated rings. The number of hydrogen-bond acceptors (Lipinski definition) is 4. The van der Waals surface area contributed by atoms with Gasteiger partial charge in [0.2, 0.25) is 0 Å². The summed E-state index contributed by atoms with van der Waals surface area (Å²) in [6, 6.07) is 16.9. The van der Waals surface area contributed by atoms with Gasteiger partial charge >= 0.3 is 11.9 Å². The standard InChI is InChI=1S/C28H32O4/c1-2-3-8-18-13-15-20(16-14-18)28(30)32-26-24-17-23(21-11-7-12-22(21)24)25(26)31-27(29)19-9-5-4-6-10-19/h4-6,9-10,13-16,21-26H,2-3,7-8,11-12,17H2,1H3. The smallest absolute Gasteiger partial charge is 0.338 e. The van der Waals surface area contributed by atoms with Gasteiger partial charge in [0.05, 0.1) is 11.1 Å². The van der Waals surface area contributed by atoms with Gasteiger partial charge in [-0.3, -0.25) is 0 Å². The van der Waals surface area contributed by atoms with Crippen molar-refractivity contribution in [2.75, 3.05) is 0 Å². The first-order valence-corrected chi connectivity index (χ1v) is 12.2. The topological polar surface area (TPSA) is 52.6 Å². The van der Waals surface area contributed by atoms with Crippen LogP contribution in [0, 0.1) is 23.7 Å². The highest BCUT2D eigenvalue weighted by Crippen LogP contribution is 2.60. The molecule has 0 radical (unpaired) electrons. The highest BCUT2D eigenvalue weighted by atomic mass is 16.6. The Bertz CT molecular complexity index is 951. The molecule has 4 nitrogen and oxygen atoms in total. The zero-order chi connectivity index (χ0) is 22.1. The first-order chi connectivity index (χ1) is 15.7. The van der Waals surface area contributed by atoms with Crippen LogP contribution >= 0.6 is 0 Å². The van der Waals surface area contributed by atoms with Crippen molar-refractivity contribution in [1.29, 1.82) is 0 Å². The largest absolute Gasteiger partial charge is 0.455 e. The molecule has 0 aromatic heterocycles. The lowest BCUT2D eigenvalue weighted by Crippen LogP contribution is -2.45. The fourth-order valence-electron chi connectivity index (χ4n) is 6.44. The molecule has 3 saturated carbocycles. The number of hydrogen-bond donors (Lipinski definition) is 0. The summed E-state index contributed by atoms with van der Waals surface area (Å²) in [6.07, 6.45) is 7.25. The summed E-state index contributed by atoms with van der Waals surface area (Å²) in [5.41, 5.74) is 2.36. The minimum Gasteiger partial charge on any atom is -0.455 e. The van der Waals surface area contributed by atoms with Crippen LogP contribution in [0.5, 0.6) is 0 Å². The molecule has 2 bridgehead atoms. The van der Waals surface area contributed by atoms with Gasteiger partial charge in [0.15, 0.2) is 0 Å². The van der Waals surface area contributed by atoms with E-state index in [2.05, 4.69) is 6.92 Å². The zero-order valence-electron chi connectivity index (χ0n) is 18.7. The predicted octanol–water partition coefficient (Wildman–Crippen LogP) is 5.85. The number of ether oxygens (including phenoxy) is 2. The summed E-state index contributed by atoms with van der Waals surface area (Å²) in [5, 5.41) is 0. The third kappa shape index (κ3) is 3.96. The average Bonchev–Trinajstić information content (AvgIpc) is 3.52. The average molecular weight is 433 g/mol. The van der Waals surface area contributed by atoms with Gasteiger partial charge in [-0.25, -0.2) is 9.59 Å². The van der Waals surface area contributed by atoms with Gasteiger partial charge in [0.25, 0.3) is 0 Å². The number of carbonyl (C=O) groups excluding carboxylic acids is 2. The molecule has 0 heterocycles. The number of fused-ring (bicyclic) bond motifs is 5. The maximum absolute atomic E-state index is 13.0. The summed E-state index contributed by atoms with van der Waals surface area (Å²) in [7, 11) is 0. The van der Waals surface area contributed by atoms with Gasteiger partial charge < -0.3 is 9.47 Å². The Balaban J connectivity index is 1.32. The molecule has 3 aliphatic carbocycles. The summed E-state index contributed by atoms with van der Waals surface area (Å²) in [6.45, 7) is 2.18. The lowest BCUT2D eigenvalue weighted by Gasteiger charge is -2.37. The molecule has 3 aliphatic rings. The number of aryl methyl sites for hydroxylation is 1. The van der Waals surface area contributed by atoms with E-state index in [0.717, 1.165) is 25.7 Å². The van der Waals surface area contributed by atoms with Gasteiger partial charge in [0.1, 0.15) is 12.2 Å². The Morgan fingerprint density at radius 1 is 0.781 bits per heavy atom. The maximum atomic E-state index is 13.0. The lowest BCUT2D eigenvalue weighted by molar-refractivity contribution is -0.0766. The molecule has 168 valence electrons. The molecule has 5 rings (SSSR count). The minimum atomic E-state index is -0.348. The molecule has 0 N–H and O–H groups in total. The molecule has 2 aromatic rings. The molecule has 0 spiro atoms. The van der Waals surface area contributed by atoms with Crippen LogP contribution in [0.1, 0.15) is 71.7 Å². The van der Waals surface area contributed by atoms with Gasteiger partial charge in [-0.2, -0.15) is 0 Å². The SMILES string of the molecule is CCCCc1ccc(C(=O)OC2C3CC(C4CCCC43)C2OC(=O)c2ccccc2)cc1. The molecule has 32 heavy (non-hydrogen) atoms. The van der Waals surface area contributed by atoms with Gasteiger partial charge in [-0.1, -0.05) is 50.1 Å². The van der Waals surface area contributed by atoms with E-state index < -0.39 is 0 Å². The van der Waals surface area contributed by atoms with Crippen LogP contribution in [-0.4, -0.2) is 24.1 Å². The van der Waals surface area contributed by atoms with Crippen molar-refractivity contribution >= 4 is 11.9 Å². The van der Waals surface area contributed by atoms with Crippen molar-refractivity contribution in [2.45, 2.75) is 64.1 Å². The second-order valence-corrected chi connectivity index (χ2v) is 9.73. The molecular formula is C28H32O4. The van der Waals surface area contributed by atoms with E-state index in [4.69, 9.17) is 9.47 Å². The molecule has 0 saturated heterocycles. The second kappa shape index (κ2) is 9.09. The Hall–Kier alpha value is -2.62. The van der Waals surface area contributed by atoms with Crippen LogP contribution in [0.15, 0.2) is 54.6 Å². The number of benzene rings is 2. The molecule has 0 aliphatic heterocycles. The van der Waals surface area contributed by atoms with Crippen molar-refractivity contribution in [3.8, 4) is 0 Å². The molecule has 2 aromatic carbocycles. The van der Waals surface area contributed by atoms with Crippen molar-refractivity contribution in [1.82, 2.24) is 0 Å². The van der Waals surface area contributed by atoms with Crippen LogP contribution in [0.3, 0.4) is 0 Å². The minimum absolute atomic E-state index is 0.300. The first kappa shape index (κ1) is 21.2. The van der Waals surface area contributed by atoms with Crippen LogP contribution in [0.2, 0.25) is 0 Å². The fourth-order valence-corrected chi connectivity index (χ4v) is 6.44. The second-order valence-electron chi connectivity index (χ2n) is 9.73. The molecule has 4 heteroatoms. The van der Waals surface area contributed by atoms with Gasteiger partial charge in [0, 0.05) is 11.8 Å². The Morgan fingerprint density at radius 2 is 1.34 bits per heavy atom. The highest BCUT2D eigenvalue weighted by Gasteiger charge is 2.62. The van der Waals surface area contributed by atoms with Crippen LogP contribution in [-0.2, 0) is 15.9 Å². The van der Waals surface area contributed by atoms with E-state index in [1.54, 1.807) is 12.1 Å². The Morgan fingerprint density at radius 3 is 1.91 bits per heavy atom. The van der Waals surface area contributed by atoms with Gasteiger partial charge in [-0.05, 0) is 73.8 Å². The molecule has 6 unspecified atom stereocenters. The maximum Gasteiger partial charge on any atom is 0.338 e. The van der Waals surface area contributed by atoms with Gasteiger partial charge in [-0.15, -0.1) is 0 Å². The summed E-state index contributed by atoms with van der Waals surface area (Å²) >= 11 is 0. The normalized spacial score (nSPS) is 30.2. The quantitative estimate of drug-likeness (QED) is 0.515. The van der Waals surface area contributed by atoms with Crippen molar-refractivity contribution < 1.29 is 19.1 Å². The van der Waals surface area contributed by atoms with E-state index in [1.165, 1.54) is 24.8 Å².